The summed E-state index contributed by atoms with van der Waals surface area (Å²) in [5.74, 6) is -1.31. The Bertz CT molecular complexity index is 916. The Hall–Kier alpha value is -4.22. The van der Waals surface area contributed by atoms with Crippen LogP contribution in [0.2, 0.25) is 0 Å². The van der Waals surface area contributed by atoms with E-state index < -0.39 is 34.4 Å². The highest BCUT2D eigenvalue weighted by Crippen LogP contribution is 2.26. The number of hydrazine groups is 1. The van der Waals surface area contributed by atoms with Gasteiger partial charge in [0.05, 0.1) is 9.85 Å². The van der Waals surface area contributed by atoms with Gasteiger partial charge in [-0.25, -0.2) is 0 Å². The number of hydrogen-bond donors (Lipinski definition) is 2. The molecule has 152 valence electrons. The second-order valence-corrected chi connectivity index (χ2v) is 5.56. The van der Waals surface area contributed by atoms with Crippen LogP contribution >= 0.6 is 0 Å². The number of rotatable bonds is 8. The Labute approximate surface area is 163 Å². The quantitative estimate of drug-likeness (QED) is 0.494. The summed E-state index contributed by atoms with van der Waals surface area (Å²) in [5, 5.41) is 21.5. The van der Waals surface area contributed by atoms with Crippen molar-refractivity contribution in [1.82, 2.24) is 10.9 Å². The molecule has 0 aliphatic heterocycles. The summed E-state index contributed by atoms with van der Waals surface area (Å²) >= 11 is 0. The molecule has 12 heteroatoms. The third kappa shape index (κ3) is 6.16. The number of hydrogen-bond acceptors (Lipinski definition) is 8. The second kappa shape index (κ2) is 9.64. The van der Waals surface area contributed by atoms with Crippen LogP contribution in [0.4, 0.5) is 11.4 Å². The van der Waals surface area contributed by atoms with Gasteiger partial charge in [-0.2, -0.15) is 0 Å². The lowest BCUT2D eigenvalue weighted by atomic mass is 10.3. The molecule has 0 heterocycles. The first-order chi connectivity index (χ1) is 13.8. The lowest BCUT2D eigenvalue weighted by Crippen LogP contribution is -2.48. The standard InChI is InChI=1S/C17H16N4O8/c1-11(29-15-5-3-2-4-14(15)21(26)27)17(23)19-18-16(22)10-28-13-8-6-12(7-9-13)20(24)25/h2-9,11H,10H2,1H3,(H,18,22)(H,19,23). The summed E-state index contributed by atoms with van der Waals surface area (Å²) in [6.07, 6.45) is -1.13. The van der Waals surface area contributed by atoms with Gasteiger partial charge in [-0.3, -0.25) is 40.7 Å². The molecular weight excluding hydrogens is 388 g/mol. The summed E-state index contributed by atoms with van der Waals surface area (Å²) in [4.78, 5) is 44.0. The number of nitro benzene ring substituents is 2. The molecule has 2 amide bonds. The van der Waals surface area contributed by atoms with Crippen LogP contribution in [0.5, 0.6) is 11.5 Å². The highest BCUT2D eigenvalue weighted by Gasteiger charge is 2.21. The number of amides is 2. The zero-order valence-electron chi connectivity index (χ0n) is 15.1. The van der Waals surface area contributed by atoms with Gasteiger partial charge in [0.1, 0.15) is 5.75 Å². The molecule has 2 rings (SSSR count). The average Bonchev–Trinajstić information content (AvgIpc) is 2.70. The Morgan fingerprint density at radius 1 is 1.00 bits per heavy atom. The van der Waals surface area contributed by atoms with Crippen molar-refractivity contribution >= 4 is 23.2 Å². The fourth-order valence-electron chi connectivity index (χ4n) is 2.03. The van der Waals surface area contributed by atoms with Crippen LogP contribution in [0.3, 0.4) is 0 Å². The Morgan fingerprint density at radius 3 is 2.28 bits per heavy atom. The van der Waals surface area contributed by atoms with E-state index in [1.807, 2.05) is 0 Å². The van der Waals surface area contributed by atoms with E-state index in [0.717, 1.165) is 0 Å². The molecule has 2 aromatic carbocycles. The van der Waals surface area contributed by atoms with Crippen molar-refractivity contribution < 1.29 is 28.9 Å². The number of nitrogens with zero attached hydrogens (tertiary/aromatic N) is 2. The molecule has 0 radical (unpaired) electrons. The number of para-hydroxylation sites is 2. The molecule has 1 atom stereocenters. The van der Waals surface area contributed by atoms with Crippen molar-refractivity contribution in [3.63, 3.8) is 0 Å². The lowest BCUT2D eigenvalue weighted by Gasteiger charge is -2.15. The summed E-state index contributed by atoms with van der Waals surface area (Å²) in [6, 6.07) is 10.6. The maximum atomic E-state index is 12.0. The van der Waals surface area contributed by atoms with E-state index in [1.54, 1.807) is 0 Å². The van der Waals surface area contributed by atoms with Crippen molar-refractivity contribution in [3.8, 4) is 11.5 Å². The van der Waals surface area contributed by atoms with Crippen molar-refractivity contribution in [3.05, 3.63) is 68.8 Å². The monoisotopic (exact) mass is 404 g/mol. The first-order valence-electron chi connectivity index (χ1n) is 8.14. The van der Waals surface area contributed by atoms with Gasteiger partial charge in [-0.1, -0.05) is 12.1 Å². The molecule has 2 aromatic rings. The zero-order chi connectivity index (χ0) is 21.4. The van der Waals surface area contributed by atoms with E-state index in [-0.39, 0.29) is 22.9 Å². The molecule has 12 nitrogen and oxygen atoms in total. The SMILES string of the molecule is CC(Oc1ccccc1[N+](=O)[O-])C(=O)NNC(=O)COc1ccc([N+](=O)[O-])cc1. The molecule has 29 heavy (non-hydrogen) atoms. The normalized spacial score (nSPS) is 11.1. The summed E-state index contributed by atoms with van der Waals surface area (Å²) in [7, 11) is 0. The van der Waals surface area contributed by atoms with Gasteiger partial charge in [-0.05, 0) is 25.1 Å². The second-order valence-electron chi connectivity index (χ2n) is 5.56. The molecule has 0 saturated carbocycles. The van der Waals surface area contributed by atoms with Crippen LogP contribution in [0, 0.1) is 20.2 Å². The number of ether oxygens (including phenoxy) is 2. The van der Waals surface area contributed by atoms with Crippen LogP contribution in [0.25, 0.3) is 0 Å². The summed E-state index contributed by atoms with van der Waals surface area (Å²) in [5.41, 5.74) is 3.79. The van der Waals surface area contributed by atoms with Gasteiger partial charge in [0, 0.05) is 18.2 Å². The van der Waals surface area contributed by atoms with Crippen LogP contribution in [-0.4, -0.2) is 34.4 Å². The minimum Gasteiger partial charge on any atom is -0.484 e. The van der Waals surface area contributed by atoms with Crippen LogP contribution in [0.1, 0.15) is 6.92 Å². The number of carbonyl (C=O) groups excluding carboxylic acids is 2. The largest absolute Gasteiger partial charge is 0.484 e. The zero-order valence-corrected chi connectivity index (χ0v) is 15.1. The van der Waals surface area contributed by atoms with Gasteiger partial charge < -0.3 is 9.47 Å². The van der Waals surface area contributed by atoms with Gasteiger partial charge >= 0.3 is 5.69 Å². The molecule has 1 unspecified atom stereocenters. The minimum absolute atomic E-state index is 0.0898. The van der Waals surface area contributed by atoms with E-state index in [0.29, 0.717) is 0 Å². The highest BCUT2D eigenvalue weighted by atomic mass is 16.6. The van der Waals surface area contributed by atoms with Gasteiger partial charge in [-0.15, -0.1) is 0 Å². The van der Waals surface area contributed by atoms with E-state index >= 15 is 0 Å². The molecular formula is C17H16N4O8. The molecule has 0 spiro atoms. The van der Waals surface area contributed by atoms with Crippen molar-refractivity contribution in [2.24, 2.45) is 0 Å². The Balaban J connectivity index is 1.80. The fraction of sp³-hybridized carbons (Fsp3) is 0.176. The minimum atomic E-state index is -1.13. The number of nitrogens with one attached hydrogen (secondary N) is 2. The van der Waals surface area contributed by atoms with Gasteiger partial charge in [0.2, 0.25) is 0 Å². The van der Waals surface area contributed by atoms with Crippen molar-refractivity contribution in [2.75, 3.05) is 6.61 Å². The van der Waals surface area contributed by atoms with E-state index in [2.05, 4.69) is 10.9 Å². The third-order valence-electron chi connectivity index (χ3n) is 3.48. The predicted octanol–water partition coefficient (Wildman–Crippen LogP) is 1.50. The third-order valence-corrected chi connectivity index (χ3v) is 3.48. The molecule has 0 aromatic heterocycles. The van der Waals surface area contributed by atoms with Crippen LogP contribution in [0.15, 0.2) is 48.5 Å². The molecule has 0 saturated heterocycles. The summed E-state index contributed by atoms with van der Waals surface area (Å²) in [6.45, 7) is 0.892. The smallest absolute Gasteiger partial charge is 0.310 e. The number of benzene rings is 2. The topological polar surface area (TPSA) is 163 Å². The van der Waals surface area contributed by atoms with E-state index in [4.69, 9.17) is 9.47 Å². The van der Waals surface area contributed by atoms with E-state index in [1.165, 1.54) is 55.5 Å². The predicted molar refractivity (Wildman–Crippen MR) is 98.1 cm³/mol. The molecule has 2 N–H and O–H groups in total. The number of nitro groups is 2. The number of carbonyl (C=O) groups is 2. The maximum Gasteiger partial charge on any atom is 0.310 e. The fourth-order valence-corrected chi connectivity index (χ4v) is 2.03. The highest BCUT2D eigenvalue weighted by molar-refractivity contribution is 5.85. The number of non-ortho nitro benzene ring substituents is 1. The first-order valence-corrected chi connectivity index (χ1v) is 8.14. The van der Waals surface area contributed by atoms with Crippen molar-refractivity contribution in [1.29, 1.82) is 0 Å². The first kappa shape index (κ1) is 21.1. The van der Waals surface area contributed by atoms with E-state index in [9.17, 15) is 29.8 Å². The Kier molecular flexibility index (Phi) is 7.01. The molecule has 0 aliphatic carbocycles. The van der Waals surface area contributed by atoms with Crippen LogP contribution < -0.4 is 20.3 Å². The molecule has 0 fully saturated rings. The average molecular weight is 404 g/mol. The Morgan fingerprint density at radius 2 is 1.66 bits per heavy atom. The van der Waals surface area contributed by atoms with Gasteiger partial charge in [0.25, 0.3) is 17.5 Å². The molecule has 0 bridgehead atoms. The van der Waals surface area contributed by atoms with Gasteiger partial charge in [0.15, 0.2) is 18.5 Å². The summed E-state index contributed by atoms with van der Waals surface area (Å²) < 4.78 is 10.4. The van der Waals surface area contributed by atoms with Crippen molar-refractivity contribution in [2.45, 2.75) is 13.0 Å². The maximum absolute atomic E-state index is 12.0. The lowest BCUT2D eigenvalue weighted by molar-refractivity contribution is -0.386. The van der Waals surface area contributed by atoms with Crippen LogP contribution in [-0.2, 0) is 9.59 Å². The molecule has 0 aliphatic rings.